The number of nitrogens with one attached hydrogen (secondary N) is 1. The standard InChI is InChI=1S/C17H23N5O/c1-3-15(22-11-5-9-19-22)17(23)18-10-8-16-20-12(2)13-6-4-7-14(13)21-16/h5,9,11,15H,3-4,6-8,10H2,1-2H3,(H,18,23). The van der Waals surface area contributed by atoms with Crippen LogP contribution < -0.4 is 5.32 Å². The average molecular weight is 313 g/mol. The van der Waals surface area contributed by atoms with Crippen LogP contribution in [0.25, 0.3) is 0 Å². The molecule has 0 spiro atoms. The van der Waals surface area contributed by atoms with E-state index in [9.17, 15) is 4.79 Å². The summed E-state index contributed by atoms with van der Waals surface area (Å²) in [7, 11) is 0. The maximum atomic E-state index is 12.3. The molecule has 1 aliphatic rings. The first-order valence-corrected chi connectivity index (χ1v) is 8.31. The Morgan fingerprint density at radius 3 is 3.00 bits per heavy atom. The molecule has 23 heavy (non-hydrogen) atoms. The summed E-state index contributed by atoms with van der Waals surface area (Å²) >= 11 is 0. The molecule has 6 nitrogen and oxygen atoms in total. The Morgan fingerprint density at radius 1 is 1.39 bits per heavy atom. The van der Waals surface area contributed by atoms with Gasteiger partial charge in [0.1, 0.15) is 11.9 Å². The molecule has 0 saturated heterocycles. The molecule has 0 radical (unpaired) electrons. The van der Waals surface area contributed by atoms with Gasteiger partial charge < -0.3 is 5.32 Å². The van der Waals surface area contributed by atoms with E-state index in [1.165, 1.54) is 17.7 Å². The average Bonchev–Trinajstić information content (AvgIpc) is 3.19. The van der Waals surface area contributed by atoms with E-state index in [2.05, 4.69) is 27.3 Å². The molecule has 0 bridgehead atoms. The van der Waals surface area contributed by atoms with Crippen molar-refractivity contribution in [1.29, 1.82) is 0 Å². The van der Waals surface area contributed by atoms with E-state index in [-0.39, 0.29) is 11.9 Å². The first-order valence-electron chi connectivity index (χ1n) is 8.31. The number of hydrogen-bond acceptors (Lipinski definition) is 4. The van der Waals surface area contributed by atoms with Crippen LogP contribution in [0.3, 0.4) is 0 Å². The van der Waals surface area contributed by atoms with Gasteiger partial charge >= 0.3 is 0 Å². The smallest absolute Gasteiger partial charge is 0.244 e. The zero-order chi connectivity index (χ0) is 16.2. The molecule has 122 valence electrons. The van der Waals surface area contributed by atoms with Gasteiger partial charge in [0.15, 0.2) is 0 Å². The molecule has 1 amide bonds. The number of nitrogens with zero attached hydrogens (tertiary/aromatic N) is 4. The van der Waals surface area contributed by atoms with Crippen molar-refractivity contribution in [2.45, 2.75) is 52.0 Å². The molecule has 0 aromatic carbocycles. The van der Waals surface area contributed by atoms with Crippen LogP contribution in [0.5, 0.6) is 0 Å². The third-order valence-corrected chi connectivity index (χ3v) is 4.37. The van der Waals surface area contributed by atoms with Crippen molar-refractivity contribution in [3.63, 3.8) is 0 Å². The highest BCUT2D eigenvalue weighted by molar-refractivity contribution is 5.80. The van der Waals surface area contributed by atoms with Crippen molar-refractivity contribution < 1.29 is 4.79 Å². The fourth-order valence-corrected chi connectivity index (χ4v) is 3.17. The lowest BCUT2D eigenvalue weighted by Crippen LogP contribution is -2.34. The van der Waals surface area contributed by atoms with E-state index in [1.54, 1.807) is 10.9 Å². The fraction of sp³-hybridized carbons (Fsp3) is 0.529. The minimum Gasteiger partial charge on any atom is -0.354 e. The van der Waals surface area contributed by atoms with Gasteiger partial charge in [-0.05, 0) is 44.2 Å². The Kier molecular flexibility index (Phi) is 4.69. The lowest BCUT2D eigenvalue weighted by Gasteiger charge is -2.15. The van der Waals surface area contributed by atoms with Gasteiger partial charge in [-0.15, -0.1) is 0 Å². The highest BCUT2D eigenvalue weighted by Gasteiger charge is 2.19. The van der Waals surface area contributed by atoms with Crippen molar-refractivity contribution >= 4 is 5.91 Å². The maximum Gasteiger partial charge on any atom is 0.244 e. The van der Waals surface area contributed by atoms with Crippen LogP contribution in [0.2, 0.25) is 0 Å². The van der Waals surface area contributed by atoms with Gasteiger partial charge in [-0.25, -0.2) is 9.97 Å². The van der Waals surface area contributed by atoms with Crippen molar-refractivity contribution in [2.24, 2.45) is 0 Å². The third kappa shape index (κ3) is 3.41. The Bertz CT molecular complexity index is 681. The molecule has 1 unspecified atom stereocenters. The number of carbonyl (C=O) groups excluding carboxylic acids is 1. The van der Waals surface area contributed by atoms with Crippen LogP contribution in [0.4, 0.5) is 0 Å². The zero-order valence-electron chi connectivity index (χ0n) is 13.7. The lowest BCUT2D eigenvalue weighted by molar-refractivity contribution is -0.124. The maximum absolute atomic E-state index is 12.3. The molecule has 1 atom stereocenters. The molecule has 2 aromatic heterocycles. The van der Waals surface area contributed by atoms with E-state index < -0.39 is 0 Å². The second kappa shape index (κ2) is 6.89. The molecule has 0 fully saturated rings. The quantitative estimate of drug-likeness (QED) is 0.882. The highest BCUT2D eigenvalue weighted by atomic mass is 16.2. The van der Waals surface area contributed by atoms with Crippen LogP contribution in [0.1, 0.15) is 48.6 Å². The molecule has 2 aromatic rings. The third-order valence-electron chi connectivity index (χ3n) is 4.37. The molecule has 0 aliphatic heterocycles. The summed E-state index contributed by atoms with van der Waals surface area (Å²) in [6.45, 7) is 4.59. The minimum atomic E-state index is -0.257. The van der Waals surface area contributed by atoms with Gasteiger partial charge in [-0.3, -0.25) is 9.48 Å². The van der Waals surface area contributed by atoms with Crippen molar-refractivity contribution in [2.75, 3.05) is 6.54 Å². The van der Waals surface area contributed by atoms with Gasteiger partial charge in [-0.2, -0.15) is 5.10 Å². The van der Waals surface area contributed by atoms with E-state index in [1.807, 2.05) is 19.2 Å². The van der Waals surface area contributed by atoms with Gasteiger partial charge in [0, 0.05) is 36.7 Å². The molecule has 6 heteroatoms. The number of aryl methyl sites for hydroxylation is 2. The molecule has 1 aliphatic carbocycles. The second-order valence-corrected chi connectivity index (χ2v) is 5.96. The topological polar surface area (TPSA) is 72.7 Å². The Balaban J connectivity index is 1.57. The molecule has 3 rings (SSSR count). The van der Waals surface area contributed by atoms with Gasteiger partial charge in [0.25, 0.3) is 0 Å². The Morgan fingerprint density at radius 2 is 2.26 bits per heavy atom. The predicted octanol–water partition coefficient (Wildman–Crippen LogP) is 1.78. The summed E-state index contributed by atoms with van der Waals surface area (Å²) < 4.78 is 1.70. The van der Waals surface area contributed by atoms with Gasteiger partial charge in [-0.1, -0.05) is 6.92 Å². The lowest BCUT2D eigenvalue weighted by atomic mass is 10.2. The molecule has 2 heterocycles. The fourth-order valence-electron chi connectivity index (χ4n) is 3.17. The monoisotopic (exact) mass is 313 g/mol. The van der Waals surface area contributed by atoms with E-state index in [0.29, 0.717) is 19.4 Å². The van der Waals surface area contributed by atoms with E-state index >= 15 is 0 Å². The van der Waals surface area contributed by atoms with E-state index in [4.69, 9.17) is 0 Å². The number of carbonyl (C=O) groups is 1. The highest BCUT2D eigenvalue weighted by Crippen LogP contribution is 2.22. The molecular formula is C17H23N5O. The number of amides is 1. The van der Waals surface area contributed by atoms with Crippen molar-refractivity contribution in [3.05, 3.63) is 41.2 Å². The first-order chi connectivity index (χ1) is 11.2. The molecule has 1 N–H and O–H groups in total. The minimum absolute atomic E-state index is 0.00548. The SMILES string of the molecule is CCC(C(=O)NCCc1nc(C)c2c(n1)CCC2)n1cccn1. The summed E-state index contributed by atoms with van der Waals surface area (Å²) in [6.07, 6.45) is 8.21. The Hall–Kier alpha value is -2.24. The first kappa shape index (κ1) is 15.6. The normalized spacial score (nSPS) is 14.5. The number of rotatable bonds is 6. The zero-order valence-corrected chi connectivity index (χ0v) is 13.7. The van der Waals surface area contributed by atoms with Gasteiger partial charge in [0.2, 0.25) is 5.91 Å². The summed E-state index contributed by atoms with van der Waals surface area (Å²) in [4.78, 5) is 21.5. The van der Waals surface area contributed by atoms with Crippen molar-refractivity contribution in [1.82, 2.24) is 25.1 Å². The Labute approximate surface area is 136 Å². The molecular weight excluding hydrogens is 290 g/mol. The summed E-state index contributed by atoms with van der Waals surface area (Å²) in [5, 5.41) is 7.13. The summed E-state index contributed by atoms with van der Waals surface area (Å²) in [6, 6.07) is 1.57. The number of hydrogen-bond donors (Lipinski definition) is 1. The van der Waals surface area contributed by atoms with Crippen LogP contribution in [-0.4, -0.2) is 32.2 Å². The van der Waals surface area contributed by atoms with Crippen LogP contribution in [0, 0.1) is 6.92 Å². The van der Waals surface area contributed by atoms with Crippen LogP contribution >= 0.6 is 0 Å². The van der Waals surface area contributed by atoms with E-state index in [0.717, 1.165) is 24.4 Å². The van der Waals surface area contributed by atoms with Crippen molar-refractivity contribution in [3.8, 4) is 0 Å². The number of fused-ring (bicyclic) bond motifs is 1. The second-order valence-electron chi connectivity index (χ2n) is 5.96. The largest absolute Gasteiger partial charge is 0.354 e. The number of aromatic nitrogens is 4. The summed E-state index contributed by atoms with van der Waals surface area (Å²) in [5.41, 5.74) is 3.61. The van der Waals surface area contributed by atoms with Crippen LogP contribution in [0.15, 0.2) is 18.5 Å². The predicted molar refractivity (Wildman–Crippen MR) is 87.1 cm³/mol. The van der Waals surface area contributed by atoms with Crippen LogP contribution in [-0.2, 0) is 24.1 Å². The molecule has 0 saturated carbocycles. The summed E-state index contributed by atoms with van der Waals surface area (Å²) in [5.74, 6) is 0.824. The van der Waals surface area contributed by atoms with Gasteiger partial charge in [0.05, 0.1) is 0 Å².